The van der Waals surface area contributed by atoms with Gasteiger partial charge in [0.15, 0.2) is 23.0 Å². The Kier molecular flexibility index (Phi) is 3.68. The number of hydrogen-bond donors (Lipinski definition) is 0. The number of hydrogen-bond acceptors (Lipinski definition) is 6. The topological polar surface area (TPSA) is 66.5 Å². The third-order valence-electron chi connectivity index (χ3n) is 4.98. The molecule has 0 bridgehead atoms. The Bertz CT molecular complexity index is 1110. The highest BCUT2D eigenvalue weighted by Crippen LogP contribution is 2.48. The number of fused-ring (bicyclic) bond motifs is 3. The average Bonchev–Trinajstić information content (AvgIpc) is 3.37. The Morgan fingerprint density at radius 2 is 1.54 bits per heavy atom. The summed E-state index contributed by atoms with van der Waals surface area (Å²) in [7, 11) is 3.32. The van der Waals surface area contributed by atoms with Gasteiger partial charge in [-0.15, -0.1) is 0 Å². The second-order valence-corrected chi connectivity index (χ2v) is 6.51. The van der Waals surface area contributed by atoms with Crippen molar-refractivity contribution in [1.29, 1.82) is 0 Å². The smallest absolute Gasteiger partial charge is 0.231 e. The van der Waals surface area contributed by atoms with Crippen LogP contribution in [0.2, 0.25) is 0 Å². The normalized spacial score (nSPS) is 13.6. The molecule has 2 aliphatic rings. The van der Waals surface area contributed by atoms with Gasteiger partial charge in [-0.1, -0.05) is 12.1 Å². The zero-order chi connectivity index (χ0) is 19.3. The highest BCUT2D eigenvalue weighted by atomic mass is 16.7. The molecule has 5 rings (SSSR count). The number of amides is 1. The van der Waals surface area contributed by atoms with Gasteiger partial charge in [0.2, 0.25) is 20.0 Å². The van der Waals surface area contributed by atoms with E-state index in [0.29, 0.717) is 28.7 Å². The minimum Gasteiger partial charge on any atom is -0.496 e. The average molecular weight is 379 g/mol. The molecule has 0 saturated heterocycles. The molecule has 0 aliphatic carbocycles. The molecule has 28 heavy (non-hydrogen) atoms. The maximum absolute atomic E-state index is 11.7. The summed E-state index contributed by atoms with van der Waals surface area (Å²) in [4.78, 5) is 13.2. The van der Waals surface area contributed by atoms with E-state index in [-0.39, 0.29) is 13.6 Å². The lowest BCUT2D eigenvalue weighted by atomic mass is 9.96. The molecule has 7 heteroatoms. The summed E-state index contributed by atoms with van der Waals surface area (Å²) in [6.07, 6.45) is 0.780. The summed E-state index contributed by atoms with van der Waals surface area (Å²) >= 11 is 0. The fourth-order valence-electron chi connectivity index (χ4n) is 3.65. The lowest BCUT2D eigenvalue weighted by Gasteiger charge is -2.21. The number of nitrogens with zero attached hydrogens (tertiary/aromatic N) is 1. The summed E-state index contributed by atoms with van der Waals surface area (Å²) in [5.41, 5.74) is 2.37. The summed E-state index contributed by atoms with van der Waals surface area (Å²) < 4.78 is 27.6. The number of benzene rings is 3. The Labute approximate surface area is 160 Å². The fourth-order valence-corrected chi connectivity index (χ4v) is 3.65. The molecule has 0 aromatic heterocycles. The predicted octanol–water partition coefficient (Wildman–Crippen LogP) is 3.57. The van der Waals surface area contributed by atoms with Crippen LogP contribution in [-0.2, 0) is 4.79 Å². The molecule has 0 N–H and O–H groups in total. The highest BCUT2D eigenvalue weighted by Gasteiger charge is 2.24. The van der Waals surface area contributed by atoms with E-state index in [0.717, 1.165) is 34.0 Å². The number of rotatable bonds is 4. The Hall–Kier alpha value is -3.61. The Balaban J connectivity index is 1.80. The molecule has 0 radical (unpaired) electrons. The molecule has 3 aromatic rings. The molecule has 0 spiro atoms. The van der Waals surface area contributed by atoms with Crippen molar-refractivity contribution in [1.82, 2.24) is 0 Å². The van der Waals surface area contributed by atoms with Crippen molar-refractivity contribution in [3.8, 4) is 39.9 Å². The van der Waals surface area contributed by atoms with Crippen LogP contribution in [0.3, 0.4) is 0 Å². The second-order valence-electron chi connectivity index (χ2n) is 6.51. The zero-order valence-corrected chi connectivity index (χ0v) is 15.4. The summed E-state index contributed by atoms with van der Waals surface area (Å²) in [5, 5.41) is 1.81. The minimum absolute atomic E-state index is 0.171. The van der Waals surface area contributed by atoms with Gasteiger partial charge in [0.25, 0.3) is 0 Å². The molecule has 0 atom stereocenters. The molecule has 142 valence electrons. The largest absolute Gasteiger partial charge is 0.496 e. The van der Waals surface area contributed by atoms with Gasteiger partial charge in [-0.05, 0) is 23.6 Å². The standard InChI is InChI=1S/C21H17NO6/c1-22(9-23)21-13(15-7-19-20(28-11-27-19)8-16(15)24-2)4-3-12-5-17-18(6-14(12)21)26-10-25-17/h3-9H,10-11H2,1-2H3. The first-order valence-electron chi connectivity index (χ1n) is 8.72. The van der Waals surface area contributed by atoms with Crippen LogP contribution in [0.4, 0.5) is 5.69 Å². The Morgan fingerprint density at radius 1 is 0.893 bits per heavy atom. The van der Waals surface area contributed by atoms with Gasteiger partial charge >= 0.3 is 0 Å². The van der Waals surface area contributed by atoms with Crippen LogP contribution < -0.4 is 28.6 Å². The summed E-state index contributed by atoms with van der Waals surface area (Å²) in [6, 6.07) is 11.4. The van der Waals surface area contributed by atoms with Crippen molar-refractivity contribution in [3.05, 3.63) is 36.4 Å². The van der Waals surface area contributed by atoms with Gasteiger partial charge in [-0.2, -0.15) is 0 Å². The molecule has 2 aliphatic heterocycles. The molecule has 7 nitrogen and oxygen atoms in total. The van der Waals surface area contributed by atoms with Crippen molar-refractivity contribution in [2.24, 2.45) is 0 Å². The monoisotopic (exact) mass is 379 g/mol. The van der Waals surface area contributed by atoms with Crippen molar-refractivity contribution in [2.75, 3.05) is 32.6 Å². The van der Waals surface area contributed by atoms with Crippen LogP contribution in [0.15, 0.2) is 36.4 Å². The lowest BCUT2D eigenvalue weighted by Crippen LogP contribution is -2.15. The molecular formula is C21H17NO6. The minimum atomic E-state index is 0.171. The van der Waals surface area contributed by atoms with Gasteiger partial charge in [0, 0.05) is 29.6 Å². The van der Waals surface area contributed by atoms with Crippen LogP contribution in [0.25, 0.3) is 21.9 Å². The van der Waals surface area contributed by atoms with E-state index in [4.69, 9.17) is 23.7 Å². The second kappa shape index (κ2) is 6.23. The fraction of sp³-hybridized carbons (Fsp3) is 0.190. The van der Waals surface area contributed by atoms with E-state index in [1.54, 1.807) is 25.1 Å². The first-order valence-corrected chi connectivity index (χ1v) is 8.72. The maximum Gasteiger partial charge on any atom is 0.231 e. The molecule has 0 saturated carbocycles. The number of carbonyl (C=O) groups is 1. The number of carbonyl (C=O) groups excluding carboxylic acids is 1. The van der Waals surface area contributed by atoms with Gasteiger partial charge in [-0.25, -0.2) is 0 Å². The number of anilines is 1. The van der Waals surface area contributed by atoms with E-state index in [9.17, 15) is 4.79 Å². The van der Waals surface area contributed by atoms with Crippen molar-refractivity contribution in [2.45, 2.75) is 0 Å². The third-order valence-corrected chi connectivity index (χ3v) is 4.98. The van der Waals surface area contributed by atoms with E-state index in [1.807, 2.05) is 30.3 Å². The zero-order valence-electron chi connectivity index (χ0n) is 15.4. The first kappa shape index (κ1) is 16.6. The Morgan fingerprint density at radius 3 is 2.21 bits per heavy atom. The van der Waals surface area contributed by atoms with E-state index in [2.05, 4.69) is 0 Å². The molecule has 0 unspecified atom stereocenters. The van der Waals surface area contributed by atoms with Crippen LogP contribution in [0.5, 0.6) is 28.7 Å². The van der Waals surface area contributed by atoms with Crippen molar-refractivity contribution < 1.29 is 28.5 Å². The third kappa shape index (κ3) is 2.40. The number of ether oxygens (including phenoxy) is 5. The van der Waals surface area contributed by atoms with E-state index >= 15 is 0 Å². The molecular weight excluding hydrogens is 362 g/mol. The van der Waals surface area contributed by atoms with Gasteiger partial charge < -0.3 is 28.6 Å². The van der Waals surface area contributed by atoms with Gasteiger partial charge in [0.1, 0.15) is 5.75 Å². The number of methoxy groups -OCH3 is 1. The molecule has 3 aromatic carbocycles. The molecule has 0 fully saturated rings. The predicted molar refractivity (Wildman–Crippen MR) is 103 cm³/mol. The lowest BCUT2D eigenvalue weighted by molar-refractivity contribution is -0.107. The first-order chi connectivity index (χ1) is 13.7. The van der Waals surface area contributed by atoms with Crippen LogP contribution >= 0.6 is 0 Å². The van der Waals surface area contributed by atoms with Gasteiger partial charge in [0.05, 0.1) is 12.8 Å². The van der Waals surface area contributed by atoms with Crippen molar-refractivity contribution >= 4 is 22.9 Å². The SMILES string of the molecule is COc1cc2c(cc1-c1ccc3cc4c(cc3c1N(C)C=O)OCO4)OCO2. The van der Waals surface area contributed by atoms with Crippen LogP contribution in [0.1, 0.15) is 0 Å². The van der Waals surface area contributed by atoms with E-state index < -0.39 is 0 Å². The molecule has 2 heterocycles. The quantitative estimate of drug-likeness (QED) is 0.646. The summed E-state index contributed by atoms with van der Waals surface area (Å²) in [6.45, 7) is 0.359. The maximum atomic E-state index is 11.7. The van der Waals surface area contributed by atoms with Crippen molar-refractivity contribution in [3.63, 3.8) is 0 Å². The van der Waals surface area contributed by atoms with Crippen LogP contribution in [0, 0.1) is 0 Å². The van der Waals surface area contributed by atoms with Crippen LogP contribution in [-0.4, -0.2) is 34.2 Å². The van der Waals surface area contributed by atoms with E-state index in [1.165, 1.54) is 0 Å². The highest BCUT2D eigenvalue weighted by molar-refractivity contribution is 6.07. The van der Waals surface area contributed by atoms with Gasteiger partial charge in [-0.3, -0.25) is 4.79 Å². The molecule has 1 amide bonds. The summed E-state index contributed by atoms with van der Waals surface area (Å²) in [5.74, 6) is 3.25.